The Bertz CT molecular complexity index is 786. The fraction of sp³-hybridized carbons (Fsp3) is 0.211. The second-order valence-electron chi connectivity index (χ2n) is 5.27. The SMILES string of the molecule is CCOC(=O)C(N)C(=O)c1ccc(Oc2ccccc2)cc1C(C)=O. The number of rotatable bonds is 7. The average Bonchev–Trinajstić information content (AvgIpc) is 2.61. The number of esters is 1. The Morgan fingerprint density at radius 3 is 2.28 bits per heavy atom. The molecule has 2 aromatic rings. The monoisotopic (exact) mass is 341 g/mol. The number of carbonyl (C=O) groups excluding carboxylic acids is 3. The lowest BCUT2D eigenvalue weighted by atomic mass is 9.96. The van der Waals surface area contributed by atoms with Gasteiger partial charge in [-0.15, -0.1) is 0 Å². The summed E-state index contributed by atoms with van der Waals surface area (Å²) in [7, 11) is 0. The maximum atomic E-state index is 12.4. The van der Waals surface area contributed by atoms with Crippen LogP contribution in [0, 0.1) is 0 Å². The number of Topliss-reactive ketones (excluding diaryl/α,β-unsaturated/α-hetero) is 2. The molecule has 2 aromatic carbocycles. The van der Waals surface area contributed by atoms with E-state index >= 15 is 0 Å². The minimum atomic E-state index is -1.47. The summed E-state index contributed by atoms with van der Waals surface area (Å²) in [6.45, 7) is 3.06. The van der Waals surface area contributed by atoms with Crippen molar-refractivity contribution in [3.05, 3.63) is 59.7 Å². The van der Waals surface area contributed by atoms with Gasteiger partial charge in [-0.05, 0) is 44.2 Å². The largest absolute Gasteiger partial charge is 0.464 e. The molecule has 130 valence electrons. The number of ketones is 2. The van der Waals surface area contributed by atoms with E-state index in [1.165, 1.54) is 19.1 Å². The number of hydrogen-bond donors (Lipinski definition) is 1. The second kappa shape index (κ2) is 8.21. The smallest absolute Gasteiger partial charge is 0.331 e. The van der Waals surface area contributed by atoms with Crippen molar-refractivity contribution in [1.29, 1.82) is 0 Å². The van der Waals surface area contributed by atoms with Gasteiger partial charge in [-0.2, -0.15) is 0 Å². The van der Waals surface area contributed by atoms with Crippen molar-refractivity contribution in [2.75, 3.05) is 6.61 Å². The standard InChI is InChI=1S/C19H19NO5/c1-3-24-19(23)17(20)18(22)15-10-9-14(11-16(15)12(2)21)25-13-7-5-4-6-8-13/h4-11,17H,3,20H2,1-2H3. The van der Waals surface area contributed by atoms with Crippen LogP contribution in [0.15, 0.2) is 48.5 Å². The number of para-hydroxylation sites is 1. The summed E-state index contributed by atoms with van der Waals surface area (Å²) in [6.07, 6.45) is 0. The number of carbonyl (C=O) groups is 3. The van der Waals surface area contributed by atoms with Crippen LogP contribution >= 0.6 is 0 Å². The van der Waals surface area contributed by atoms with E-state index in [1.807, 2.05) is 18.2 Å². The van der Waals surface area contributed by atoms with E-state index in [0.29, 0.717) is 11.5 Å². The van der Waals surface area contributed by atoms with Gasteiger partial charge in [0.15, 0.2) is 17.6 Å². The summed E-state index contributed by atoms with van der Waals surface area (Å²) < 4.78 is 10.4. The van der Waals surface area contributed by atoms with Crippen molar-refractivity contribution in [2.24, 2.45) is 5.73 Å². The molecule has 0 aliphatic carbocycles. The lowest BCUT2D eigenvalue weighted by molar-refractivity contribution is -0.143. The number of nitrogens with two attached hydrogens (primary N) is 1. The summed E-state index contributed by atoms with van der Waals surface area (Å²) in [5, 5.41) is 0. The van der Waals surface area contributed by atoms with Crippen LogP contribution in [-0.2, 0) is 9.53 Å². The molecule has 6 heteroatoms. The van der Waals surface area contributed by atoms with E-state index in [4.69, 9.17) is 15.2 Å². The molecule has 0 aromatic heterocycles. The molecule has 0 radical (unpaired) electrons. The first kappa shape index (κ1) is 18.4. The summed E-state index contributed by atoms with van der Waals surface area (Å²) >= 11 is 0. The highest BCUT2D eigenvalue weighted by Gasteiger charge is 2.27. The summed E-state index contributed by atoms with van der Waals surface area (Å²) in [5.41, 5.74) is 5.84. The maximum absolute atomic E-state index is 12.4. The predicted octanol–water partition coefficient (Wildman–Crippen LogP) is 2.75. The zero-order valence-corrected chi connectivity index (χ0v) is 14.0. The van der Waals surface area contributed by atoms with Gasteiger partial charge in [0.25, 0.3) is 0 Å². The van der Waals surface area contributed by atoms with Crippen LogP contribution < -0.4 is 10.5 Å². The second-order valence-corrected chi connectivity index (χ2v) is 5.27. The van der Waals surface area contributed by atoms with Gasteiger partial charge in [0.1, 0.15) is 11.5 Å². The van der Waals surface area contributed by atoms with Crippen molar-refractivity contribution in [3.63, 3.8) is 0 Å². The fourth-order valence-electron chi connectivity index (χ4n) is 2.22. The third-order valence-electron chi connectivity index (χ3n) is 3.44. The van der Waals surface area contributed by atoms with E-state index in [1.54, 1.807) is 25.1 Å². The van der Waals surface area contributed by atoms with Crippen LogP contribution in [0.2, 0.25) is 0 Å². The molecule has 2 rings (SSSR count). The molecule has 0 amide bonds. The van der Waals surface area contributed by atoms with Gasteiger partial charge in [-0.1, -0.05) is 18.2 Å². The quantitative estimate of drug-likeness (QED) is 0.473. The highest BCUT2D eigenvalue weighted by Crippen LogP contribution is 2.25. The zero-order chi connectivity index (χ0) is 18.4. The molecule has 0 bridgehead atoms. The molecule has 0 heterocycles. The topological polar surface area (TPSA) is 95.7 Å². The van der Waals surface area contributed by atoms with E-state index < -0.39 is 17.8 Å². The molecule has 1 unspecified atom stereocenters. The number of benzene rings is 2. The first-order valence-electron chi connectivity index (χ1n) is 7.78. The van der Waals surface area contributed by atoms with E-state index in [2.05, 4.69) is 0 Å². The minimum Gasteiger partial charge on any atom is -0.464 e. The van der Waals surface area contributed by atoms with E-state index in [9.17, 15) is 14.4 Å². The Morgan fingerprint density at radius 2 is 1.68 bits per heavy atom. The van der Waals surface area contributed by atoms with E-state index in [0.717, 1.165) is 0 Å². The fourth-order valence-corrected chi connectivity index (χ4v) is 2.22. The van der Waals surface area contributed by atoms with Crippen LogP contribution in [-0.4, -0.2) is 30.2 Å². The molecule has 1 atom stereocenters. The third-order valence-corrected chi connectivity index (χ3v) is 3.44. The van der Waals surface area contributed by atoms with Crippen LogP contribution in [0.5, 0.6) is 11.5 Å². The maximum Gasteiger partial charge on any atom is 0.331 e. The molecular formula is C19H19NO5. The van der Waals surface area contributed by atoms with Gasteiger partial charge in [-0.25, -0.2) is 4.79 Å². The molecule has 0 aliphatic rings. The van der Waals surface area contributed by atoms with Crippen molar-refractivity contribution < 1.29 is 23.9 Å². The predicted molar refractivity (Wildman–Crippen MR) is 91.9 cm³/mol. The first-order chi connectivity index (χ1) is 11.9. The van der Waals surface area contributed by atoms with Gasteiger partial charge in [0, 0.05) is 11.1 Å². The molecule has 6 nitrogen and oxygen atoms in total. The molecule has 0 saturated heterocycles. The van der Waals surface area contributed by atoms with Gasteiger partial charge in [0.2, 0.25) is 0 Å². The van der Waals surface area contributed by atoms with Gasteiger partial charge in [-0.3, -0.25) is 9.59 Å². The lowest BCUT2D eigenvalue weighted by Gasteiger charge is -2.13. The van der Waals surface area contributed by atoms with Gasteiger partial charge in [0.05, 0.1) is 6.61 Å². The average molecular weight is 341 g/mol. The Hall–Kier alpha value is -2.99. The molecule has 2 N–H and O–H groups in total. The van der Waals surface area contributed by atoms with Gasteiger partial charge >= 0.3 is 5.97 Å². The number of hydrogen-bond acceptors (Lipinski definition) is 6. The Balaban J connectivity index is 2.31. The lowest BCUT2D eigenvalue weighted by Crippen LogP contribution is -2.40. The Labute approximate surface area is 145 Å². The Kier molecular flexibility index (Phi) is 6.03. The normalized spacial score (nSPS) is 11.5. The van der Waals surface area contributed by atoms with Crippen LogP contribution in [0.3, 0.4) is 0 Å². The van der Waals surface area contributed by atoms with Crippen LogP contribution in [0.1, 0.15) is 34.6 Å². The molecule has 0 fully saturated rings. The highest BCUT2D eigenvalue weighted by molar-refractivity contribution is 6.16. The summed E-state index contributed by atoms with van der Waals surface area (Å²) in [4.78, 5) is 36.0. The third kappa shape index (κ3) is 4.51. The summed E-state index contributed by atoms with van der Waals surface area (Å²) in [5.74, 6) is -0.837. The van der Waals surface area contributed by atoms with Crippen molar-refractivity contribution in [1.82, 2.24) is 0 Å². The molecule has 25 heavy (non-hydrogen) atoms. The summed E-state index contributed by atoms with van der Waals surface area (Å²) in [6, 6.07) is 12.0. The van der Waals surface area contributed by atoms with Crippen LogP contribution in [0.4, 0.5) is 0 Å². The highest BCUT2D eigenvalue weighted by atomic mass is 16.5. The molecular weight excluding hydrogens is 322 g/mol. The Morgan fingerprint density at radius 1 is 1.00 bits per heavy atom. The minimum absolute atomic E-state index is 0.0634. The van der Waals surface area contributed by atoms with E-state index in [-0.39, 0.29) is 23.5 Å². The van der Waals surface area contributed by atoms with Crippen molar-refractivity contribution in [2.45, 2.75) is 19.9 Å². The first-order valence-corrected chi connectivity index (χ1v) is 7.78. The van der Waals surface area contributed by atoms with Crippen molar-refractivity contribution >= 4 is 17.5 Å². The molecule has 0 aliphatic heterocycles. The zero-order valence-electron chi connectivity index (χ0n) is 14.0. The van der Waals surface area contributed by atoms with Crippen molar-refractivity contribution in [3.8, 4) is 11.5 Å². The molecule has 0 spiro atoms. The number of ether oxygens (including phenoxy) is 2. The van der Waals surface area contributed by atoms with Crippen LogP contribution in [0.25, 0.3) is 0 Å². The molecule has 0 saturated carbocycles. The van der Waals surface area contributed by atoms with Gasteiger partial charge < -0.3 is 15.2 Å².